The van der Waals surface area contributed by atoms with Crippen LogP contribution in [0, 0.1) is 0 Å². The number of hydrogen-bond acceptors (Lipinski definition) is 9. The van der Waals surface area contributed by atoms with Gasteiger partial charge in [0.25, 0.3) is 0 Å². The molecule has 6 bridgehead atoms. The predicted octanol–water partition coefficient (Wildman–Crippen LogP) is 4.17. The molecule has 41 heavy (non-hydrogen) atoms. The van der Waals surface area contributed by atoms with E-state index in [1.807, 2.05) is 36.4 Å². The van der Waals surface area contributed by atoms with Crippen molar-refractivity contribution in [3.05, 3.63) is 66.5 Å². The lowest BCUT2D eigenvalue weighted by Gasteiger charge is -2.30. The molecule has 10 nitrogen and oxygen atoms in total. The Hall–Kier alpha value is -3.73. The van der Waals surface area contributed by atoms with Gasteiger partial charge >= 0.3 is 0 Å². The average molecular weight is 560 g/mol. The molecule has 3 N–H and O–H groups in total. The number of carbonyl (C=O) groups excluding carboxylic acids is 1. The molecule has 1 fully saturated rings. The van der Waals surface area contributed by atoms with Crippen molar-refractivity contribution in [3.63, 3.8) is 0 Å². The SMILES string of the molecule is O=C1CCN(CCN2CCOCC2)Cc2cccc(c2)Nc2cc(ncn2)Nc2ccc(cc2)OCCCCCN1. The summed E-state index contributed by atoms with van der Waals surface area (Å²) in [5, 5.41) is 9.86. The van der Waals surface area contributed by atoms with E-state index in [1.165, 1.54) is 5.56 Å². The summed E-state index contributed by atoms with van der Waals surface area (Å²) in [4.78, 5) is 26.3. The van der Waals surface area contributed by atoms with Crippen molar-refractivity contribution in [2.24, 2.45) is 0 Å². The number of carbonyl (C=O) groups is 1. The molecule has 0 radical (unpaired) electrons. The van der Waals surface area contributed by atoms with E-state index in [-0.39, 0.29) is 5.91 Å². The van der Waals surface area contributed by atoms with E-state index in [0.29, 0.717) is 37.8 Å². The van der Waals surface area contributed by atoms with Gasteiger partial charge in [-0.15, -0.1) is 0 Å². The van der Waals surface area contributed by atoms with Gasteiger partial charge in [0, 0.05) is 69.7 Å². The van der Waals surface area contributed by atoms with Gasteiger partial charge in [0.2, 0.25) is 5.91 Å². The second-order valence-electron chi connectivity index (χ2n) is 10.5. The maximum absolute atomic E-state index is 12.7. The van der Waals surface area contributed by atoms with Crippen molar-refractivity contribution in [2.75, 3.05) is 69.7 Å². The van der Waals surface area contributed by atoms with Gasteiger partial charge in [-0.1, -0.05) is 12.1 Å². The zero-order valence-corrected chi connectivity index (χ0v) is 23.7. The number of anilines is 4. The number of fused-ring (bicyclic) bond motifs is 13. The Morgan fingerprint density at radius 1 is 0.780 bits per heavy atom. The molecule has 0 aliphatic carbocycles. The third kappa shape index (κ3) is 9.70. The largest absolute Gasteiger partial charge is 0.494 e. The van der Waals surface area contributed by atoms with Crippen LogP contribution < -0.4 is 20.7 Å². The van der Waals surface area contributed by atoms with Crippen molar-refractivity contribution < 1.29 is 14.3 Å². The van der Waals surface area contributed by atoms with Crippen LogP contribution in [-0.2, 0) is 16.1 Å². The lowest BCUT2D eigenvalue weighted by Crippen LogP contribution is -2.42. The highest BCUT2D eigenvalue weighted by Gasteiger charge is 2.15. The number of rotatable bonds is 3. The zero-order chi connectivity index (χ0) is 28.1. The van der Waals surface area contributed by atoms with Gasteiger partial charge in [0.05, 0.1) is 19.8 Å². The highest BCUT2D eigenvalue weighted by molar-refractivity contribution is 5.76. The molecule has 1 aromatic heterocycles. The summed E-state index contributed by atoms with van der Waals surface area (Å²) in [6.45, 7) is 8.17. The summed E-state index contributed by atoms with van der Waals surface area (Å²) in [6, 6.07) is 18.1. The number of nitrogens with one attached hydrogen (secondary N) is 3. The first-order valence-corrected chi connectivity index (χ1v) is 14.7. The van der Waals surface area contributed by atoms with Crippen LogP contribution in [0.4, 0.5) is 23.0 Å². The molecule has 0 atom stereocenters. The fourth-order valence-corrected chi connectivity index (χ4v) is 4.98. The first-order valence-electron chi connectivity index (χ1n) is 14.7. The molecule has 3 aromatic rings. The van der Waals surface area contributed by atoms with E-state index in [0.717, 1.165) is 82.3 Å². The van der Waals surface area contributed by atoms with Crippen LogP contribution in [-0.4, -0.2) is 84.8 Å². The van der Waals surface area contributed by atoms with Gasteiger partial charge in [0.1, 0.15) is 23.7 Å². The third-order valence-electron chi connectivity index (χ3n) is 7.30. The fourth-order valence-electron chi connectivity index (χ4n) is 4.98. The van der Waals surface area contributed by atoms with Crippen LogP contribution in [0.5, 0.6) is 5.75 Å². The molecule has 3 aliphatic rings. The standard InChI is InChI=1S/C31H41N7O3/c39-31-11-13-38(15-14-37-16-19-40-20-17-37)23-25-5-4-6-27(21-25)36-30-22-29(33-24-34-30)35-26-7-9-28(10-8-26)41-18-3-1-2-12-32-31/h4-10,21-22,24H,1-3,11-20,23H2,(H,32,39)(H2,33,34,35,36). The van der Waals surface area contributed by atoms with Crippen LogP contribution in [0.3, 0.4) is 0 Å². The summed E-state index contributed by atoms with van der Waals surface area (Å²) < 4.78 is 11.4. The number of nitrogens with zero attached hydrogens (tertiary/aromatic N) is 4. The Bertz CT molecular complexity index is 1230. The third-order valence-corrected chi connectivity index (χ3v) is 7.30. The van der Waals surface area contributed by atoms with Crippen molar-refractivity contribution in [3.8, 4) is 5.75 Å². The molecule has 10 heteroatoms. The Morgan fingerprint density at radius 2 is 1.56 bits per heavy atom. The van der Waals surface area contributed by atoms with E-state index < -0.39 is 0 Å². The molecule has 3 aliphatic heterocycles. The highest BCUT2D eigenvalue weighted by Crippen LogP contribution is 2.22. The number of ether oxygens (including phenoxy) is 2. The van der Waals surface area contributed by atoms with Gasteiger partial charge in [0.15, 0.2) is 0 Å². The van der Waals surface area contributed by atoms with E-state index in [9.17, 15) is 4.79 Å². The van der Waals surface area contributed by atoms with Gasteiger partial charge in [-0.25, -0.2) is 9.97 Å². The molecule has 0 saturated carbocycles. The fraction of sp³-hybridized carbons (Fsp3) is 0.452. The minimum atomic E-state index is 0.107. The number of amides is 1. The Morgan fingerprint density at radius 3 is 2.39 bits per heavy atom. The zero-order valence-electron chi connectivity index (χ0n) is 23.7. The molecular formula is C31H41N7O3. The molecule has 218 valence electrons. The summed E-state index contributed by atoms with van der Waals surface area (Å²) in [6.07, 6.45) is 4.93. The molecular weight excluding hydrogens is 518 g/mol. The Labute approximate surface area is 242 Å². The van der Waals surface area contributed by atoms with Crippen molar-refractivity contribution in [1.29, 1.82) is 0 Å². The summed E-state index contributed by atoms with van der Waals surface area (Å²) >= 11 is 0. The summed E-state index contributed by atoms with van der Waals surface area (Å²) in [5.41, 5.74) is 3.06. The minimum absolute atomic E-state index is 0.107. The summed E-state index contributed by atoms with van der Waals surface area (Å²) in [7, 11) is 0. The first-order chi connectivity index (χ1) is 20.2. The minimum Gasteiger partial charge on any atom is -0.494 e. The predicted molar refractivity (Wildman–Crippen MR) is 161 cm³/mol. The molecule has 1 amide bonds. The van der Waals surface area contributed by atoms with Gasteiger partial charge in [-0.2, -0.15) is 0 Å². The van der Waals surface area contributed by atoms with E-state index >= 15 is 0 Å². The number of aromatic nitrogens is 2. The normalized spacial score (nSPS) is 18.3. The first kappa shape index (κ1) is 28.8. The van der Waals surface area contributed by atoms with Gasteiger partial charge < -0.3 is 25.4 Å². The molecule has 2 aromatic carbocycles. The van der Waals surface area contributed by atoms with Crippen molar-refractivity contribution in [1.82, 2.24) is 25.1 Å². The quantitative estimate of drug-likeness (QED) is 0.436. The van der Waals surface area contributed by atoms with Gasteiger partial charge in [-0.05, 0) is 61.2 Å². The Balaban J connectivity index is 1.29. The molecule has 0 spiro atoms. The Kier molecular flexibility index (Phi) is 10.8. The van der Waals surface area contributed by atoms with Crippen LogP contribution in [0.15, 0.2) is 60.9 Å². The molecule has 4 heterocycles. The summed E-state index contributed by atoms with van der Waals surface area (Å²) in [5.74, 6) is 2.35. The van der Waals surface area contributed by atoms with E-state index in [2.05, 4.69) is 53.9 Å². The van der Waals surface area contributed by atoms with Crippen LogP contribution in [0.1, 0.15) is 31.2 Å². The van der Waals surface area contributed by atoms with E-state index in [4.69, 9.17) is 9.47 Å². The van der Waals surface area contributed by atoms with Crippen LogP contribution in [0.25, 0.3) is 0 Å². The number of morpholine rings is 1. The van der Waals surface area contributed by atoms with Crippen LogP contribution in [0.2, 0.25) is 0 Å². The topological polar surface area (TPSA) is 104 Å². The highest BCUT2D eigenvalue weighted by atomic mass is 16.5. The van der Waals surface area contributed by atoms with Gasteiger partial charge in [-0.3, -0.25) is 14.6 Å². The number of hydrogen-bond donors (Lipinski definition) is 3. The maximum Gasteiger partial charge on any atom is 0.221 e. The van der Waals surface area contributed by atoms with Crippen LogP contribution >= 0.6 is 0 Å². The van der Waals surface area contributed by atoms with Crippen molar-refractivity contribution >= 4 is 28.9 Å². The molecule has 1 saturated heterocycles. The van der Waals surface area contributed by atoms with E-state index in [1.54, 1.807) is 6.33 Å². The second-order valence-corrected chi connectivity index (χ2v) is 10.5. The smallest absolute Gasteiger partial charge is 0.221 e. The average Bonchev–Trinajstić information content (AvgIpc) is 2.99. The monoisotopic (exact) mass is 559 g/mol. The second kappa shape index (κ2) is 15.3. The lowest BCUT2D eigenvalue weighted by molar-refractivity contribution is -0.121. The maximum atomic E-state index is 12.7. The molecule has 0 unspecified atom stereocenters. The van der Waals surface area contributed by atoms with Crippen molar-refractivity contribution in [2.45, 2.75) is 32.2 Å². The number of benzene rings is 2. The molecule has 6 rings (SSSR count). The lowest BCUT2D eigenvalue weighted by atomic mass is 10.1.